The quantitative estimate of drug-likeness (QED) is 0.784. The fraction of sp³-hybridized carbons (Fsp3) is 0.364. The fourth-order valence-electron chi connectivity index (χ4n) is 3.25. The Bertz CT molecular complexity index is 628. The van der Waals surface area contributed by atoms with Gasteiger partial charge in [-0.3, -0.25) is 4.90 Å². The number of unbranched alkanes of at least 4 members (excludes halogenated alkanes) is 1. The van der Waals surface area contributed by atoms with Gasteiger partial charge in [0.15, 0.2) is 6.10 Å². The summed E-state index contributed by atoms with van der Waals surface area (Å²) in [6, 6.07) is 19.8. The third-order valence-electron chi connectivity index (χ3n) is 4.78. The Kier molecular flexibility index (Phi) is 6.67. The van der Waals surface area contributed by atoms with Crippen LogP contribution in [0.15, 0.2) is 60.7 Å². The predicted molar refractivity (Wildman–Crippen MR) is 104 cm³/mol. The Balaban J connectivity index is 1.65. The Hall–Kier alpha value is -2.33. The van der Waals surface area contributed by atoms with Gasteiger partial charge in [0.1, 0.15) is 0 Å². The van der Waals surface area contributed by atoms with Crippen molar-refractivity contribution in [3.8, 4) is 0 Å². The number of ether oxygens (including phenoxy) is 1. The molecule has 1 heterocycles. The van der Waals surface area contributed by atoms with E-state index in [0.29, 0.717) is 13.1 Å². The molecule has 0 aliphatic carbocycles. The summed E-state index contributed by atoms with van der Waals surface area (Å²) in [6.45, 7) is 8.18. The van der Waals surface area contributed by atoms with Crippen molar-refractivity contribution >= 4 is 6.09 Å². The van der Waals surface area contributed by atoms with Crippen LogP contribution in [-0.4, -0.2) is 48.6 Å². The van der Waals surface area contributed by atoms with Crippen molar-refractivity contribution in [3.05, 3.63) is 78.7 Å². The van der Waals surface area contributed by atoms with E-state index in [0.717, 1.165) is 43.6 Å². The lowest BCUT2D eigenvalue weighted by atomic mass is 10.0. The van der Waals surface area contributed by atoms with Gasteiger partial charge in [0.25, 0.3) is 0 Å². The van der Waals surface area contributed by atoms with Crippen LogP contribution in [0.4, 0.5) is 4.79 Å². The van der Waals surface area contributed by atoms with Crippen molar-refractivity contribution < 1.29 is 9.53 Å². The normalized spacial score (nSPS) is 15.2. The SMILES string of the molecule is [CH2]CCCN1CCN(C(=O)OC(c2ccccc2)c2ccccc2)CC1. The van der Waals surface area contributed by atoms with E-state index < -0.39 is 0 Å². The largest absolute Gasteiger partial charge is 0.436 e. The molecule has 4 nitrogen and oxygen atoms in total. The first kappa shape index (κ1) is 18.5. The Morgan fingerprint density at radius 3 is 1.96 bits per heavy atom. The average Bonchev–Trinajstić information content (AvgIpc) is 2.72. The first-order valence-electron chi connectivity index (χ1n) is 9.35. The van der Waals surface area contributed by atoms with Gasteiger partial charge in [-0.25, -0.2) is 4.79 Å². The Morgan fingerprint density at radius 2 is 1.46 bits per heavy atom. The van der Waals surface area contributed by atoms with Crippen molar-refractivity contribution in [2.75, 3.05) is 32.7 Å². The molecule has 3 rings (SSSR count). The van der Waals surface area contributed by atoms with Gasteiger partial charge in [0.05, 0.1) is 0 Å². The summed E-state index contributed by atoms with van der Waals surface area (Å²) in [5, 5.41) is 0. The molecule has 1 radical (unpaired) electrons. The number of nitrogens with zero attached hydrogens (tertiary/aromatic N) is 2. The zero-order valence-corrected chi connectivity index (χ0v) is 15.2. The van der Waals surface area contributed by atoms with Crippen molar-refractivity contribution in [2.24, 2.45) is 0 Å². The third-order valence-corrected chi connectivity index (χ3v) is 4.78. The lowest BCUT2D eigenvalue weighted by Gasteiger charge is -2.35. The van der Waals surface area contributed by atoms with E-state index in [1.165, 1.54) is 0 Å². The maximum absolute atomic E-state index is 12.8. The van der Waals surface area contributed by atoms with Crippen LogP contribution in [0, 0.1) is 6.92 Å². The van der Waals surface area contributed by atoms with Crippen molar-refractivity contribution in [3.63, 3.8) is 0 Å². The van der Waals surface area contributed by atoms with Crippen LogP contribution in [0.5, 0.6) is 0 Å². The summed E-state index contributed by atoms with van der Waals surface area (Å²) in [6.07, 6.45) is 1.45. The minimum Gasteiger partial charge on any atom is -0.436 e. The van der Waals surface area contributed by atoms with E-state index in [4.69, 9.17) is 4.74 Å². The van der Waals surface area contributed by atoms with E-state index >= 15 is 0 Å². The lowest BCUT2D eigenvalue weighted by Crippen LogP contribution is -2.49. The number of hydrogen-bond donors (Lipinski definition) is 0. The highest BCUT2D eigenvalue weighted by molar-refractivity contribution is 5.68. The monoisotopic (exact) mass is 351 g/mol. The van der Waals surface area contributed by atoms with Gasteiger partial charge in [0, 0.05) is 26.2 Å². The maximum atomic E-state index is 12.8. The second-order valence-electron chi connectivity index (χ2n) is 6.62. The first-order valence-corrected chi connectivity index (χ1v) is 9.35. The van der Waals surface area contributed by atoms with E-state index in [-0.39, 0.29) is 12.2 Å². The highest BCUT2D eigenvalue weighted by atomic mass is 16.6. The molecule has 1 aliphatic rings. The van der Waals surface area contributed by atoms with Gasteiger partial charge in [-0.15, -0.1) is 0 Å². The number of carbonyl (C=O) groups excluding carboxylic acids is 1. The summed E-state index contributed by atoms with van der Waals surface area (Å²) >= 11 is 0. The van der Waals surface area contributed by atoms with Crippen molar-refractivity contribution in [2.45, 2.75) is 18.9 Å². The van der Waals surface area contributed by atoms with Gasteiger partial charge in [0.2, 0.25) is 0 Å². The predicted octanol–water partition coefficient (Wildman–Crippen LogP) is 4.14. The Labute approximate surface area is 156 Å². The number of hydrogen-bond acceptors (Lipinski definition) is 3. The molecule has 1 fully saturated rings. The van der Waals surface area contributed by atoms with E-state index in [1.807, 2.05) is 65.6 Å². The standard InChI is InChI=1S/C22H27N2O2/c1-2-3-14-23-15-17-24(18-16-23)22(25)26-21(19-10-6-4-7-11-19)20-12-8-5-9-13-20/h4-13,21H,1-3,14-18H2. The zero-order valence-electron chi connectivity index (χ0n) is 15.2. The molecule has 1 aliphatic heterocycles. The van der Waals surface area contributed by atoms with Crippen LogP contribution < -0.4 is 0 Å². The highest BCUT2D eigenvalue weighted by Crippen LogP contribution is 2.26. The summed E-state index contributed by atoms with van der Waals surface area (Å²) < 4.78 is 5.94. The fourth-order valence-corrected chi connectivity index (χ4v) is 3.25. The smallest absolute Gasteiger partial charge is 0.410 e. The maximum Gasteiger partial charge on any atom is 0.410 e. The minimum atomic E-state index is -0.380. The van der Waals surface area contributed by atoms with Crippen LogP contribution in [0.25, 0.3) is 0 Å². The van der Waals surface area contributed by atoms with E-state index in [9.17, 15) is 4.79 Å². The Morgan fingerprint density at radius 1 is 0.923 bits per heavy atom. The van der Waals surface area contributed by atoms with Crippen LogP contribution >= 0.6 is 0 Å². The molecule has 26 heavy (non-hydrogen) atoms. The molecular weight excluding hydrogens is 324 g/mol. The molecule has 0 bridgehead atoms. The number of amides is 1. The molecule has 0 N–H and O–H groups in total. The third kappa shape index (κ3) is 4.85. The topological polar surface area (TPSA) is 32.8 Å². The summed E-state index contributed by atoms with van der Waals surface area (Å²) in [4.78, 5) is 17.0. The number of rotatable bonds is 6. The number of benzene rings is 2. The number of piperazine rings is 1. The highest BCUT2D eigenvalue weighted by Gasteiger charge is 2.26. The van der Waals surface area contributed by atoms with Gasteiger partial charge in [-0.05, 0) is 24.1 Å². The molecule has 2 aromatic carbocycles. The summed E-state index contributed by atoms with van der Waals surface area (Å²) in [5.41, 5.74) is 1.97. The van der Waals surface area contributed by atoms with Crippen molar-refractivity contribution in [1.82, 2.24) is 9.80 Å². The second kappa shape index (κ2) is 9.39. The molecule has 0 saturated carbocycles. The van der Waals surface area contributed by atoms with Crippen LogP contribution in [-0.2, 0) is 4.74 Å². The minimum absolute atomic E-state index is 0.237. The molecule has 0 aromatic heterocycles. The second-order valence-corrected chi connectivity index (χ2v) is 6.62. The van der Waals surface area contributed by atoms with E-state index in [2.05, 4.69) is 11.8 Å². The molecule has 137 valence electrons. The van der Waals surface area contributed by atoms with Gasteiger partial charge < -0.3 is 9.64 Å². The first-order chi connectivity index (χ1) is 12.8. The molecule has 1 amide bonds. The molecule has 0 spiro atoms. The molecule has 4 heteroatoms. The average molecular weight is 351 g/mol. The van der Waals surface area contributed by atoms with Gasteiger partial charge in [-0.1, -0.05) is 74.0 Å². The van der Waals surface area contributed by atoms with E-state index in [1.54, 1.807) is 0 Å². The summed E-state index contributed by atoms with van der Waals surface area (Å²) in [7, 11) is 0. The van der Waals surface area contributed by atoms with Crippen molar-refractivity contribution in [1.29, 1.82) is 0 Å². The molecule has 1 saturated heterocycles. The molecular formula is C22H27N2O2. The number of carbonyl (C=O) groups is 1. The van der Waals surface area contributed by atoms with Crippen LogP contribution in [0.3, 0.4) is 0 Å². The van der Waals surface area contributed by atoms with Gasteiger partial charge >= 0.3 is 6.09 Å². The van der Waals surface area contributed by atoms with Gasteiger partial charge in [-0.2, -0.15) is 0 Å². The molecule has 2 aromatic rings. The van der Waals surface area contributed by atoms with Crippen LogP contribution in [0.2, 0.25) is 0 Å². The summed E-state index contributed by atoms with van der Waals surface area (Å²) in [5.74, 6) is 0. The lowest BCUT2D eigenvalue weighted by molar-refractivity contribution is 0.0573. The molecule has 0 atom stereocenters. The molecule has 0 unspecified atom stereocenters. The zero-order chi connectivity index (χ0) is 18.2. The van der Waals surface area contributed by atoms with Crippen LogP contribution in [0.1, 0.15) is 30.1 Å².